The van der Waals surface area contributed by atoms with Gasteiger partial charge in [0.05, 0.1) is 10.7 Å². The molecular weight excluding hydrogens is 296 g/mol. The summed E-state index contributed by atoms with van der Waals surface area (Å²) in [6.45, 7) is 2.75. The molecule has 0 fully saturated rings. The van der Waals surface area contributed by atoms with Crippen molar-refractivity contribution in [3.8, 4) is 0 Å². The van der Waals surface area contributed by atoms with Crippen molar-refractivity contribution in [2.24, 2.45) is 5.14 Å². The molecule has 0 saturated heterocycles. The van der Waals surface area contributed by atoms with Crippen molar-refractivity contribution in [1.82, 2.24) is 4.98 Å². The van der Waals surface area contributed by atoms with E-state index in [9.17, 15) is 8.42 Å². The largest absolute Gasteiger partial charge is 0.398 e. The number of nitrogens with two attached hydrogens (primary N) is 2. The van der Waals surface area contributed by atoms with Crippen molar-refractivity contribution in [2.75, 3.05) is 17.6 Å². The van der Waals surface area contributed by atoms with Gasteiger partial charge in [0.1, 0.15) is 4.90 Å². The average molecular weight is 312 g/mol. The van der Waals surface area contributed by atoms with Gasteiger partial charge in [-0.15, -0.1) is 11.3 Å². The quantitative estimate of drug-likeness (QED) is 0.726. The molecule has 20 heavy (non-hydrogen) atoms. The minimum Gasteiger partial charge on any atom is -0.398 e. The van der Waals surface area contributed by atoms with Gasteiger partial charge in [0.25, 0.3) is 0 Å². The van der Waals surface area contributed by atoms with Crippen LogP contribution in [0.4, 0.5) is 11.4 Å². The number of aromatic nitrogens is 1. The highest BCUT2D eigenvalue weighted by Crippen LogP contribution is 2.23. The summed E-state index contributed by atoms with van der Waals surface area (Å²) in [4.78, 5) is 4.19. The van der Waals surface area contributed by atoms with Gasteiger partial charge in [0.2, 0.25) is 10.0 Å². The number of primary sulfonamides is 1. The molecule has 0 bridgehead atoms. The van der Waals surface area contributed by atoms with E-state index in [1.165, 1.54) is 6.07 Å². The molecule has 1 aromatic heterocycles. The van der Waals surface area contributed by atoms with E-state index >= 15 is 0 Å². The van der Waals surface area contributed by atoms with Crippen LogP contribution in [-0.2, 0) is 10.0 Å². The van der Waals surface area contributed by atoms with Crippen LogP contribution in [0.3, 0.4) is 0 Å². The third-order valence-electron chi connectivity index (χ3n) is 2.80. The smallest absolute Gasteiger partial charge is 0.240 e. The molecule has 5 N–H and O–H groups in total. The Bertz CT molecular complexity index is 683. The summed E-state index contributed by atoms with van der Waals surface area (Å²) in [6, 6.07) is 4.61. The van der Waals surface area contributed by atoms with E-state index < -0.39 is 10.0 Å². The van der Waals surface area contributed by atoms with Gasteiger partial charge in [-0.3, -0.25) is 0 Å². The van der Waals surface area contributed by atoms with Crippen molar-refractivity contribution < 1.29 is 8.42 Å². The van der Waals surface area contributed by atoms with Crippen LogP contribution >= 0.6 is 11.3 Å². The summed E-state index contributed by atoms with van der Waals surface area (Å²) in [5.74, 6) is 0.258. The Morgan fingerprint density at radius 1 is 1.45 bits per heavy atom. The van der Waals surface area contributed by atoms with Gasteiger partial charge in [-0.25, -0.2) is 18.5 Å². The fourth-order valence-electron chi connectivity index (χ4n) is 1.75. The SMILES string of the molecule is CC(CNc1ccc(S(N)(=O)=O)c(N)c1)c1nccs1. The Labute approximate surface area is 121 Å². The van der Waals surface area contributed by atoms with Crippen molar-refractivity contribution in [2.45, 2.75) is 17.7 Å². The van der Waals surface area contributed by atoms with Crippen LogP contribution in [0.1, 0.15) is 17.8 Å². The second kappa shape index (κ2) is 5.78. The van der Waals surface area contributed by atoms with Crippen molar-refractivity contribution in [3.05, 3.63) is 34.8 Å². The molecule has 0 aliphatic heterocycles. The summed E-state index contributed by atoms with van der Waals surface area (Å²) in [7, 11) is -3.78. The van der Waals surface area contributed by atoms with Gasteiger partial charge in [0.15, 0.2) is 0 Å². The van der Waals surface area contributed by atoms with Crippen LogP contribution in [-0.4, -0.2) is 19.9 Å². The average Bonchev–Trinajstić information content (AvgIpc) is 2.88. The van der Waals surface area contributed by atoms with Crippen molar-refractivity contribution in [3.63, 3.8) is 0 Å². The standard InChI is InChI=1S/C12H16N4O2S2/c1-8(12-15-4-5-19-12)7-16-9-2-3-11(10(13)6-9)20(14,17)18/h2-6,8,16H,7,13H2,1H3,(H2,14,17,18). The Morgan fingerprint density at radius 3 is 2.75 bits per heavy atom. The minimum atomic E-state index is -3.78. The molecule has 1 unspecified atom stereocenters. The van der Waals surface area contributed by atoms with E-state index in [1.54, 1.807) is 29.7 Å². The van der Waals surface area contributed by atoms with Gasteiger partial charge in [-0.05, 0) is 18.2 Å². The van der Waals surface area contributed by atoms with Gasteiger partial charge in [-0.1, -0.05) is 6.92 Å². The first-order valence-corrected chi connectivity index (χ1v) is 8.36. The van der Waals surface area contributed by atoms with E-state index in [0.717, 1.165) is 10.7 Å². The molecular formula is C12H16N4O2S2. The zero-order chi connectivity index (χ0) is 14.8. The molecule has 6 nitrogen and oxygen atoms in total. The predicted octanol–water partition coefficient (Wildman–Crippen LogP) is 1.59. The first kappa shape index (κ1) is 14.8. The molecule has 1 aromatic carbocycles. The van der Waals surface area contributed by atoms with E-state index in [1.807, 2.05) is 5.38 Å². The van der Waals surface area contributed by atoms with Crippen molar-refractivity contribution in [1.29, 1.82) is 0 Å². The molecule has 8 heteroatoms. The third-order valence-corrected chi connectivity index (χ3v) is 4.79. The zero-order valence-corrected chi connectivity index (χ0v) is 12.5. The predicted molar refractivity (Wildman–Crippen MR) is 81.2 cm³/mol. The van der Waals surface area contributed by atoms with Crippen LogP contribution < -0.4 is 16.2 Å². The number of nitrogen functional groups attached to an aromatic ring is 1. The molecule has 1 heterocycles. The highest BCUT2D eigenvalue weighted by molar-refractivity contribution is 7.89. The van der Waals surface area contributed by atoms with Crippen LogP contribution in [0.5, 0.6) is 0 Å². The second-order valence-electron chi connectivity index (χ2n) is 4.45. The zero-order valence-electron chi connectivity index (χ0n) is 10.9. The summed E-state index contributed by atoms with van der Waals surface area (Å²) in [6.07, 6.45) is 1.77. The van der Waals surface area contributed by atoms with E-state index in [2.05, 4.69) is 17.2 Å². The summed E-state index contributed by atoms with van der Waals surface area (Å²) >= 11 is 1.60. The summed E-state index contributed by atoms with van der Waals surface area (Å²) in [5, 5.41) is 11.2. The first-order chi connectivity index (χ1) is 9.38. The number of sulfonamides is 1. The molecule has 0 aliphatic carbocycles. The Hall–Kier alpha value is -1.64. The molecule has 2 aromatic rings. The molecule has 2 rings (SSSR count). The molecule has 0 aliphatic rings. The van der Waals surface area contributed by atoms with E-state index in [4.69, 9.17) is 10.9 Å². The summed E-state index contributed by atoms with van der Waals surface area (Å²) < 4.78 is 22.5. The van der Waals surface area contributed by atoms with Gasteiger partial charge >= 0.3 is 0 Å². The highest BCUT2D eigenvalue weighted by atomic mass is 32.2. The first-order valence-electron chi connectivity index (χ1n) is 5.93. The maximum atomic E-state index is 11.3. The fourth-order valence-corrected chi connectivity index (χ4v) is 3.10. The third kappa shape index (κ3) is 3.47. The molecule has 108 valence electrons. The maximum Gasteiger partial charge on any atom is 0.240 e. The maximum absolute atomic E-state index is 11.3. The Kier molecular flexibility index (Phi) is 4.26. The fraction of sp³-hybridized carbons (Fsp3) is 0.250. The van der Waals surface area contributed by atoms with Gasteiger partial charge < -0.3 is 11.1 Å². The van der Waals surface area contributed by atoms with E-state index in [-0.39, 0.29) is 16.5 Å². The lowest BCUT2D eigenvalue weighted by molar-refractivity contribution is 0.598. The molecule has 0 radical (unpaired) electrons. The number of hydrogen-bond acceptors (Lipinski definition) is 6. The van der Waals surface area contributed by atoms with Crippen LogP contribution in [0.15, 0.2) is 34.7 Å². The Balaban J connectivity index is 2.06. The number of anilines is 2. The molecule has 1 atom stereocenters. The second-order valence-corrected chi connectivity index (χ2v) is 6.91. The summed E-state index contributed by atoms with van der Waals surface area (Å²) in [5.41, 5.74) is 6.59. The number of hydrogen-bond donors (Lipinski definition) is 3. The van der Waals surface area contributed by atoms with Crippen molar-refractivity contribution >= 4 is 32.7 Å². The normalized spacial score (nSPS) is 13.1. The topological polar surface area (TPSA) is 111 Å². The number of nitrogens with zero attached hydrogens (tertiary/aromatic N) is 1. The van der Waals surface area contributed by atoms with E-state index in [0.29, 0.717) is 6.54 Å². The van der Waals surface area contributed by atoms with Crippen LogP contribution in [0.2, 0.25) is 0 Å². The number of benzene rings is 1. The lowest BCUT2D eigenvalue weighted by Gasteiger charge is -2.12. The van der Waals surface area contributed by atoms with Gasteiger partial charge in [0, 0.05) is 29.7 Å². The molecule has 0 saturated carbocycles. The number of thiazole rings is 1. The molecule has 0 spiro atoms. The van der Waals surface area contributed by atoms with Gasteiger partial charge in [-0.2, -0.15) is 0 Å². The van der Waals surface area contributed by atoms with Crippen LogP contribution in [0, 0.1) is 0 Å². The molecule has 0 amide bonds. The highest BCUT2D eigenvalue weighted by Gasteiger charge is 2.13. The minimum absolute atomic E-state index is 0.0592. The lowest BCUT2D eigenvalue weighted by atomic mass is 10.2. The lowest BCUT2D eigenvalue weighted by Crippen LogP contribution is -2.15. The number of nitrogens with one attached hydrogen (secondary N) is 1. The Morgan fingerprint density at radius 2 is 2.20 bits per heavy atom. The number of rotatable bonds is 5. The van der Waals surface area contributed by atoms with Crippen LogP contribution in [0.25, 0.3) is 0 Å². The monoisotopic (exact) mass is 312 g/mol.